The SMILES string of the molecule is C=Cc1nc(CC)c(CC)nc1C=C.CC.CC. The molecule has 18 heavy (non-hydrogen) atoms. The van der Waals surface area contributed by atoms with Gasteiger partial charge < -0.3 is 0 Å². The van der Waals surface area contributed by atoms with Crippen molar-refractivity contribution >= 4 is 12.2 Å². The van der Waals surface area contributed by atoms with E-state index in [1.807, 2.05) is 27.7 Å². The number of hydrogen-bond acceptors (Lipinski definition) is 2. The Hall–Kier alpha value is -1.44. The maximum atomic E-state index is 4.50. The van der Waals surface area contributed by atoms with Gasteiger partial charge >= 0.3 is 0 Å². The molecular formula is C16H28N2. The molecule has 1 aromatic heterocycles. The van der Waals surface area contributed by atoms with Gasteiger partial charge in [0.15, 0.2) is 0 Å². The molecule has 0 N–H and O–H groups in total. The summed E-state index contributed by atoms with van der Waals surface area (Å²) in [5.74, 6) is 0. The van der Waals surface area contributed by atoms with Gasteiger partial charge in [0.05, 0.1) is 22.8 Å². The van der Waals surface area contributed by atoms with Gasteiger partial charge in [-0.2, -0.15) is 0 Å². The molecule has 0 unspecified atom stereocenters. The largest absolute Gasteiger partial charge is 0.249 e. The molecule has 0 saturated heterocycles. The number of aromatic nitrogens is 2. The molecule has 2 heteroatoms. The summed E-state index contributed by atoms with van der Waals surface area (Å²) in [5, 5.41) is 0. The molecule has 1 heterocycles. The molecule has 0 radical (unpaired) electrons. The van der Waals surface area contributed by atoms with E-state index in [4.69, 9.17) is 0 Å². The van der Waals surface area contributed by atoms with Crippen LogP contribution in [0.2, 0.25) is 0 Å². The average Bonchev–Trinajstić information content (AvgIpc) is 2.49. The van der Waals surface area contributed by atoms with Crippen LogP contribution in [0, 0.1) is 0 Å². The zero-order valence-corrected chi connectivity index (χ0v) is 12.9. The van der Waals surface area contributed by atoms with E-state index in [2.05, 4.69) is 37.0 Å². The number of nitrogens with zero attached hydrogens (tertiary/aromatic N) is 2. The molecule has 0 amide bonds. The maximum Gasteiger partial charge on any atom is 0.0884 e. The van der Waals surface area contributed by atoms with Gasteiger partial charge in [0.1, 0.15) is 0 Å². The van der Waals surface area contributed by atoms with Crippen molar-refractivity contribution in [3.8, 4) is 0 Å². The summed E-state index contributed by atoms with van der Waals surface area (Å²) in [7, 11) is 0. The quantitative estimate of drug-likeness (QED) is 0.754. The predicted molar refractivity (Wildman–Crippen MR) is 83.7 cm³/mol. The summed E-state index contributed by atoms with van der Waals surface area (Å²) < 4.78 is 0. The second-order valence-electron chi connectivity index (χ2n) is 3.00. The van der Waals surface area contributed by atoms with Gasteiger partial charge in [0, 0.05) is 0 Å². The van der Waals surface area contributed by atoms with Crippen LogP contribution in [0.3, 0.4) is 0 Å². The second-order valence-corrected chi connectivity index (χ2v) is 3.00. The van der Waals surface area contributed by atoms with Crippen molar-refractivity contribution in [1.29, 1.82) is 0 Å². The van der Waals surface area contributed by atoms with Gasteiger partial charge in [-0.15, -0.1) is 0 Å². The van der Waals surface area contributed by atoms with Gasteiger partial charge in [0.25, 0.3) is 0 Å². The molecule has 0 bridgehead atoms. The Morgan fingerprint density at radius 1 is 0.778 bits per heavy atom. The summed E-state index contributed by atoms with van der Waals surface area (Å²) in [6, 6.07) is 0. The van der Waals surface area contributed by atoms with Gasteiger partial charge in [-0.25, -0.2) is 9.97 Å². The third kappa shape index (κ3) is 5.26. The van der Waals surface area contributed by atoms with E-state index in [0.717, 1.165) is 35.6 Å². The van der Waals surface area contributed by atoms with Crippen LogP contribution in [0.15, 0.2) is 13.2 Å². The summed E-state index contributed by atoms with van der Waals surface area (Å²) in [6.07, 6.45) is 5.27. The Morgan fingerprint density at radius 3 is 1.22 bits per heavy atom. The van der Waals surface area contributed by atoms with E-state index in [-0.39, 0.29) is 0 Å². The predicted octanol–water partition coefficient (Wildman–Crippen LogP) is 4.94. The molecule has 0 aliphatic heterocycles. The lowest BCUT2D eigenvalue weighted by Gasteiger charge is -2.07. The fourth-order valence-corrected chi connectivity index (χ4v) is 1.40. The number of hydrogen-bond donors (Lipinski definition) is 0. The number of aryl methyl sites for hydroxylation is 2. The second kappa shape index (κ2) is 12.0. The summed E-state index contributed by atoms with van der Waals surface area (Å²) in [5.41, 5.74) is 3.78. The van der Waals surface area contributed by atoms with E-state index in [9.17, 15) is 0 Å². The van der Waals surface area contributed by atoms with E-state index >= 15 is 0 Å². The fraction of sp³-hybridized carbons (Fsp3) is 0.500. The van der Waals surface area contributed by atoms with E-state index in [0.29, 0.717) is 0 Å². The Kier molecular flexibility index (Phi) is 12.6. The van der Waals surface area contributed by atoms with E-state index in [1.54, 1.807) is 12.2 Å². The highest BCUT2D eigenvalue weighted by atomic mass is 14.8. The molecular weight excluding hydrogens is 220 g/mol. The molecule has 0 aromatic carbocycles. The molecule has 0 saturated carbocycles. The molecule has 0 aliphatic carbocycles. The van der Waals surface area contributed by atoms with Crippen molar-refractivity contribution in [3.63, 3.8) is 0 Å². The van der Waals surface area contributed by atoms with Crippen LogP contribution in [0.4, 0.5) is 0 Å². The van der Waals surface area contributed by atoms with Crippen LogP contribution in [0.1, 0.15) is 64.3 Å². The van der Waals surface area contributed by atoms with E-state index in [1.165, 1.54) is 0 Å². The van der Waals surface area contributed by atoms with Gasteiger partial charge in [-0.1, -0.05) is 54.7 Å². The lowest BCUT2D eigenvalue weighted by molar-refractivity contribution is 0.894. The zero-order valence-electron chi connectivity index (χ0n) is 12.9. The Labute approximate surface area is 113 Å². The van der Waals surface area contributed by atoms with Gasteiger partial charge in [0.2, 0.25) is 0 Å². The molecule has 102 valence electrons. The maximum absolute atomic E-state index is 4.50. The molecule has 0 fully saturated rings. The molecule has 2 nitrogen and oxygen atoms in total. The Morgan fingerprint density at radius 2 is 1.06 bits per heavy atom. The van der Waals surface area contributed by atoms with Crippen LogP contribution in [-0.4, -0.2) is 9.97 Å². The van der Waals surface area contributed by atoms with Crippen LogP contribution >= 0.6 is 0 Å². The van der Waals surface area contributed by atoms with Crippen LogP contribution in [0.5, 0.6) is 0 Å². The Bertz CT molecular complexity index is 319. The van der Waals surface area contributed by atoms with Crippen molar-refractivity contribution < 1.29 is 0 Å². The van der Waals surface area contributed by atoms with E-state index < -0.39 is 0 Å². The third-order valence-corrected chi connectivity index (χ3v) is 2.16. The molecule has 0 atom stereocenters. The third-order valence-electron chi connectivity index (χ3n) is 2.16. The summed E-state index contributed by atoms with van der Waals surface area (Å²) in [6.45, 7) is 19.6. The minimum Gasteiger partial charge on any atom is -0.249 e. The minimum absolute atomic E-state index is 0.828. The lowest BCUT2D eigenvalue weighted by Crippen LogP contribution is -2.04. The topological polar surface area (TPSA) is 25.8 Å². The smallest absolute Gasteiger partial charge is 0.0884 e. The first-order valence-electron chi connectivity index (χ1n) is 6.91. The van der Waals surface area contributed by atoms with Crippen molar-refractivity contribution in [1.82, 2.24) is 9.97 Å². The van der Waals surface area contributed by atoms with Crippen LogP contribution in [-0.2, 0) is 12.8 Å². The van der Waals surface area contributed by atoms with Crippen molar-refractivity contribution in [2.24, 2.45) is 0 Å². The first-order valence-corrected chi connectivity index (χ1v) is 6.91. The first kappa shape index (κ1) is 18.9. The zero-order chi connectivity index (χ0) is 14.6. The molecule has 1 aromatic rings. The van der Waals surface area contributed by atoms with Crippen LogP contribution in [0.25, 0.3) is 12.2 Å². The molecule has 0 spiro atoms. The van der Waals surface area contributed by atoms with Crippen molar-refractivity contribution in [2.75, 3.05) is 0 Å². The monoisotopic (exact) mass is 248 g/mol. The lowest BCUT2D eigenvalue weighted by atomic mass is 10.1. The normalized spacial score (nSPS) is 8.33. The highest BCUT2D eigenvalue weighted by Gasteiger charge is 2.06. The Balaban J connectivity index is 0. The van der Waals surface area contributed by atoms with Crippen molar-refractivity contribution in [3.05, 3.63) is 35.9 Å². The highest BCUT2D eigenvalue weighted by molar-refractivity contribution is 5.57. The van der Waals surface area contributed by atoms with Gasteiger partial charge in [-0.05, 0) is 25.0 Å². The fourth-order valence-electron chi connectivity index (χ4n) is 1.40. The van der Waals surface area contributed by atoms with Crippen LogP contribution < -0.4 is 0 Å². The molecule has 1 rings (SSSR count). The highest BCUT2D eigenvalue weighted by Crippen LogP contribution is 2.12. The summed E-state index contributed by atoms with van der Waals surface area (Å²) >= 11 is 0. The molecule has 0 aliphatic rings. The van der Waals surface area contributed by atoms with Crippen molar-refractivity contribution in [2.45, 2.75) is 54.4 Å². The minimum atomic E-state index is 0.828. The van der Waals surface area contributed by atoms with Gasteiger partial charge in [-0.3, -0.25) is 0 Å². The average molecular weight is 248 g/mol. The first-order chi connectivity index (χ1) is 8.76. The number of rotatable bonds is 4. The standard InChI is InChI=1S/C12H16N2.2C2H6/c1-5-9-10(6-2)14-12(8-4)11(7-3)13-9;2*1-2/h5-6H,1-2,7-8H2,3-4H3;2*1-2H3. The summed E-state index contributed by atoms with van der Waals surface area (Å²) in [4.78, 5) is 9.00.